The van der Waals surface area contributed by atoms with E-state index in [0.29, 0.717) is 37.4 Å². The first kappa shape index (κ1) is 20.4. The number of benzene rings is 2. The van der Waals surface area contributed by atoms with Gasteiger partial charge in [0.15, 0.2) is 6.61 Å². The largest absolute Gasteiger partial charge is 0.484 e. The smallest absolute Gasteiger partial charge is 0.260 e. The molecule has 0 unspecified atom stereocenters. The number of sulfonamides is 1. The van der Waals surface area contributed by atoms with Crippen LogP contribution >= 0.6 is 11.6 Å². The van der Waals surface area contributed by atoms with Gasteiger partial charge in [0.2, 0.25) is 10.0 Å². The Labute approximate surface area is 169 Å². The van der Waals surface area contributed by atoms with Gasteiger partial charge in [0.05, 0.1) is 10.3 Å². The topological polar surface area (TPSA) is 75.7 Å². The number of amides is 1. The molecule has 1 heterocycles. The van der Waals surface area contributed by atoms with Crippen LogP contribution < -0.4 is 9.46 Å². The molecule has 152 valence electrons. The number of hydrogen-bond acceptors (Lipinski definition) is 4. The van der Waals surface area contributed by atoms with E-state index >= 15 is 0 Å². The van der Waals surface area contributed by atoms with Crippen molar-refractivity contribution in [2.75, 3.05) is 24.4 Å². The number of ether oxygens (including phenoxy) is 1. The van der Waals surface area contributed by atoms with Crippen LogP contribution in [0.15, 0.2) is 48.5 Å². The minimum atomic E-state index is -3.52. The lowest BCUT2D eigenvalue weighted by atomic mass is 10.1. The molecule has 0 atom stereocenters. The summed E-state index contributed by atoms with van der Waals surface area (Å²) in [7, 11) is -3.52. The number of carbonyl (C=O) groups excluding carboxylic acids is 1. The minimum absolute atomic E-state index is 0. The number of para-hydroxylation sites is 1. The number of likely N-dealkylation sites (tertiary alicyclic amines) is 1. The molecule has 1 aliphatic rings. The van der Waals surface area contributed by atoms with Crippen LogP contribution in [0.25, 0.3) is 0 Å². The normalized spacial score (nSPS) is 15.3. The Balaban J connectivity index is 0.00000300. The van der Waals surface area contributed by atoms with E-state index in [9.17, 15) is 17.6 Å². The molecule has 0 radical (unpaired) electrons. The van der Waals surface area contributed by atoms with E-state index in [0.717, 1.165) is 6.07 Å². The van der Waals surface area contributed by atoms with Crippen molar-refractivity contribution in [2.24, 2.45) is 0 Å². The lowest BCUT2D eigenvalue weighted by molar-refractivity contribution is -0.134. The lowest BCUT2D eigenvalue weighted by Gasteiger charge is -2.31. The molecule has 0 bridgehead atoms. The van der Waals surface area contributed by atoms with Crippen molar-refractivity contribution in [1.29, 1.82) is 0 Å². The van der Waals surface area contributed by atoms with E-state index in [-0.39, 0.29) is 19.0 Å². The average Bonchev–Trinajstić information content (AvgIpc) is 2.69. The maximum atomic E-state index is 13.1. The van der Waals surface area contributed by atoms with Crippen LogP contribution in [0.4, 0.5) is 10.1 Å². The molecule has 1 fully saturated rings. The lowest BCUT2D eigenvalue weighted by Crippen LogP contribution is -2.45. The molecule has 2 aromatic carbocycles. The zero-order valence-electron chi connectivity index (χ0n) is 15.0. The molecule has 0 aliphatic carbocycles. The van der Waals surface area contributed by atoms with Crippen LogP contribution in [0.2, 0.25) is 5.02 Å². The van der Waals surface area contributed by atoms with Gasteiger partial charge in [-0.2, -0.15) is 0 Å². The summed E-state index contributed by atoms with van der Waals surface area (Å²) >= 11 is 5.68. The molecule has 0 aromatic heterocycles. The molecule has 1 N–H and O–H groups in total. The Morgan fingerprint density at radius 2 is 1.89 bits per heavy atom. The molecule has 0 saturated carbocycles. The molecule has 6 nitrogen and oxygen atoms in total. The summed E-state index contributed by atoms with van der Waals surface area (Å²) in [6.07, 6.45) is 0.687. The van der Waals surface area contributed by atoms with E-state index in [4.69, 9.17) is 16.3 Å². The van der Waals surface area contributed by atoms with Gasteiger partial charge in [-0.1, -0.05) is 29.8 Å². The van der Waals surface area contributed by atoms with Crippen LogP contribution in [0.1, 0.15) is 14.3 Å². The number of hydrogen-bond donors (Lipinski definition) is 1. The van der Waals surface area contributed by atoms with Gasteiger partial charge >= 0.3 is 0 Å². The van der Waals surface area contributed by atoms with E-state index in [2.05, 4.69) is 4.72 Å². The van der Waals surface area contributed by atoms with Crippen molar-refractivity contribution < 1.29 is 23.8 Å². The first-order valence-electron chi connectivity index (χ1n) is 8.77. The summed E-state index contributed by atoms with van der Waals surface area (Å²) in [6, 6.07) is 12.6. The molecule has 1 aliphatic heterocycles. The van der Waals surface area contributed by atoms with Crippen molar-refractivity contribution in [3.8, 4) is 5.75 Å². The van der Waals surface area contributed by atoms with Gasteiger partial charge in [-0.05, 0) is 37.1 Å². The van der Waals surface area contributed by atoms with Crippen molar-refractivity contribution in [3.63, 3.8) is 0 Å². The molecular formula is C19H22ClFN2O4S. The second-order valence-corrected chi connectivity index (χ2v) is 8.83. The SMILES string of the molecule is O=C(COc1ccc(F)c(Cl)c1)N1CCC(S(=O)(=O)Nc2ccccc2)CC1.[HH]. The van der Waals surface area contributed by atoms with Gasteiger partial charge in [0.1, 0.15) is 11.6 Å². The Morgan fingerprint density at radius 1 is 1.21 bits per heavy atom. The number of nitrogens with zero attached hydrogens (tertiary/aromatic N) is 1. The average molecular weight is 429 g/mol. The highest BCUT2D eigenvalue weighted by Crippen LogP contribution is 2.23. The predicted octanol–water partition coefficient (Wildman–Crippen LogP) is 3.54. The molecule has 1 amide bonds. The predicted molar refractivity (Wildman–Crippen MR) is 108 cm³/mol. The second kappa shape index (κ2) is 8.79. The zero-order chi connectivity index (χ0) is 20.1. The van der Waals surface area contributed by atoms with Gasteiger partial charge in [0, 0.05) is 26.3 Å². The van der Waals surface area contributed by atoms with Crippen LogP contribution in [0.5, 0.6) is 5.75 Å². The Bertz CT molecular complexity index is 938. The van der Waals surface area contributed by atoms with Crippen LogP contribution in [-0.2, 0) is 14.8 Å². The molecule has 3 rings (SSSR count). The monoisotopic (exact) mass is 428 g/mol. The molecule has 28 heavy (non-hydrogen) atoms. The van der Waals surface area contributed by atoms with Gasteiger partial charge < -0.3 is 9.64 Å². The van der Waals surface area contributed by atoms with E-state index < -0.39 is 21.1 Å². The molecular weight excluding hydrogens is 407 g/mol. The van der Waals surface area contributed by atoms with E-state index in [1.807, 2.05) is 6.07 Å². The van der Waals surface area contributed by atoms with Crippen LogP contribution in [0.3, 0.4) is 0 Å². The second-order valence-electron chi connectivity index (χ2n) is 6.46. The Kier molecular flexibility index (Phi) is 6.41. The van der Waals surface area contributed by atoms with Crippen molar-refractivity contribution >= 4 is 33.2 Å². The molecule has 2 aromatic rings. The first-order chi connectivity index (χ1) is 13.3. The standard InChI is InChI=1S/C19H20ClFN2O4S.H2/c20-17-12-15(6-7-18(17)21)27-13-19(24)23-10-8-16(9-11-23)28(25,26)22-14-4-2-1-3-5-14;/h1-7,12,16,22H,8-11,13H2;1H. The Hall–Kier alpha value is -2.32. The summed E-state index contributed by atoms with van der Waals surface area (Å²) in [5.74, 6) is -0.524. The van der Waals surface area contributed by atoms with Crippen molar-refractivity contribution in [1.82, 2.24) is 4.90 Å². The number of piperidine rings is 1. The number of nitrogens with one attached hydrogen (secondary N) is 1. The zero-order valence-corrected chi connectivity index (χ0v) is 16.5. The molecule has 1 saturated heterocycles. The fraction of sp³-hybridized carbons (Fsp3) is 0.316. The van der Waals surface area contributed by atoms with Gasteiger partial charge in [-0.15, -0.1) is 0 Å². The fourth-order valence-electron chi connectivity index (χ4n) is 2.97. The Morgan fingerprint density at radius 3 is 2.54 bits per heavy atom. The quantitative estimate of drug-likeness (QED) is 0.763. The van der Waals surface area contributed by atoms with Crippen LogP contribution in [-0.4, -0.2) is 44.2 Å². The van der Waals surface area contributed by atoms with Crippen molar-refractivity contribution in [2.45, 2.75) is 18.1 Å². The molecule has 0 spiro atoms. The van der Waals surface area contributed by atoms with Crippen LogP contribution in [0, 0.1) is 5.82 Å². The third-order valence-corrected chi connectivity index (χ3v) is 6.68. The summed E-state index contributed by atoms with van der Waals surface area (Å²) in [6.45, 7) is 0.432. The summed E-state index contributed by atoms with van der Waals surface area (Å²) < 4.78 is 46.1. The maximum absolute atomic E-state index is 13.1. The summed E-state index contributed by atoms with van der Waals surface area (Å²) in [5, 5.41) is -0.643. The highest BCUT2D eigenvalue weighted by molar-refractivity contribution is 7.93. The molecule has 9 heteroatoms. The highest BCUT2D eigenvalue weighted by Gasteiger charge is 2.31. The van der Waals surface area contributed by atoms with Crippen molar-refractivity contribution in [3.05, 3.63) is 59.4 Å². The number of rotatable bonds is 6. The third kappa shape index (κ3) is 5.14. The van der Waals surface area contributed by atoms with Gasteiger partial charge in [-0.25, -0.2) is 12.8 Å². The summed E-state index contributed by atoms with van der Waals surface area (Å²) in [5.41, 5.74) is 0.521. The van der Waals surface area contributed by atoms with E-state index in [1.54, 1.807) is 29.2 Å². The summed E-state index contributed by atoms with van der Waals surface area (Å²) in [4.78, 5) is 13.9. The number of anilines is 1. The van der Waals surface area contributed by atoms with E-state index in [1.165, 1.54) is 12.1 Å². The van der Waals surface area contributed by atoms with Gasteiger partial charge in [0.25, 0.3) is 5.91 Å². The third-order valence-electron chi connectivity index (χ3n) is 4.52. The fourth-order valence-corrected chi connectivity index (χ4v) is 4.61. The van der Waals surface area contributed by atoms with Gasteiger partial charge in [-0.3, -0.25) is 9.52 Å². The number of halogens is 2. The highest BCUT2D eigenvalue weighted by atomic mass is 35.5. The first-order valence-corrected chi connectivity index (χ1v) is 10.7. The maximum Gasteiger partial charge on any atom is 0.260 e. The number of carbonyl (C=O) groups is 1. The minimum Gasteiger partial charge on any atom is -0.484 e.